The van der Waals surface area contributed by atoms with Gasteiger partial charge in [0.2, 0.25) is 5.49 Å². The molecule has 0 spiro atoms. The molecule has 5 aromatic carbocycles. The maximum absolute atomic E-state index is 4.74. The van der Waals surface area contributed by atoms with Crippen LogP contribution in [-0.2, 0) is 20.1 Å². The van der Waals surface area contributed by atoms with Crippen molar-refractivity contribution in [2.24, 2.45) is 4.99 Å². The third-order valence-corrected chi connectivity index (χ3v) is 6.88. The molecule has 0 fully saturated rings. The van der Waals surface area contributed by atoms with Crippen molar-refractivity contribution in [3.05, 3.63) is 133 Å². The summed E-state index contributed by atoms with van der Waals surface area (Å²) in [4.78, 5) is 4.74. The number of aromatic nitrogens is 1. The Balaban J connectivity index is 0.00000240. The maximum Gasteiger partial charge on any atom is 0.249 e. The van der Waals surface area contributed by atoms with Crippen molar-refractivity contribution in [1.29, 1.82) is 0 Å². The molecule has 6 aromatic rings. The minimum atomic E-state index is 0. The minimum Gasteiger partial charge on any atom is -0.237 e. The number of hydrogen-bond acceptors (Lipinski definition) is 1. The van der Waals surface area contributed by atoms with Gasteiger partial charge in [-0.3, -0.25) is 0 Å². The van der Waals surface area contributed by atoms with E-state index in [1.807, 2.05) is 6.07 Å². The Morgan fingerprint density at radius 3 is 2.03 bits per heavy atom. The van der Waals surface area contributed by atoms with Crippen LogP contribution in [0.15, 0.2) is 120 Å². The average molecular weight is 639 g/mol. The number of rotatable bonds is 3. The topological polar surface area (TPSA) is 18.3 Å². The van der Waals surface area contributed by atoms with Crippen LogP contribution in [-0.4, -0.2) is 6.54 Å². The van der Waals surface area contributed by atoms with Crippen molar-refractivity contribution in [3.8, 4) is 33.4 Å². The molecule has 0 bridgehead atoms. The van der Waals surface area contributed by atoms with Gasteiger partial charge in [0.25, 0.3) is 0 Å². The molecule has 3 heteroatoms. The van der Waals surface area contributed by atoms with E-state index in [9.17, 15) is 0 Å². The molecule has 0 saturated carbocycles. The first kappa shape index (κ1) is 22.5. The monoisotopic (exact) mass is 639 g/mol. The van der Waals surface area contributed by atoms with E-state index >= 15 is 0 Å². The van der Waals surface area contributed by atoms with Crippen LogP contribution in [0.2, 0.25) is 0 Å². The average Bonchev–Trinajstić information content (AvgIpc) is 3.44. The summed E-state index contributed by atoms with van der Waals surface area (Å²) in [5.41, 5.74) is 9.53. The van der Waals surface area contributed by atoms with Crippen LogP contribution in [0.5, 0.6) is 0 Å². The molecule has 36 heavy (non-hydrogen) atoms. The smallest absolute Gasteiger partial charge is 0.237 e. The van der Waals surface area contributed by atoms with E-state index in [0.29, 0.717) is 6.54 Å². The first-order chi connectivity index (χ1) is 17.4. The van der Waals surface area contributed by atoms with Gasteiger partial charge in [-0.2, -0.15) is 0 Å². The van der Waals surface area contributed by atoms with Gasteiger partial charge in [0.05, 0.1) is 0 Å². The third kappa shape index (κ3) is 3.60. The quantitative estimate of drug-likeness (QED) is 0.116. The zero-order chi connectivity index (χ0) is 23.2. The maximum atomic E-state index is 4.74. The molecular weight excluding hydrogens is 617 g/mol. The van der Waals surface area contributed by atoms with Crippen LogP contribution in [0.25, 0.3) is 55.1 Å². The number of pyridine rings is 1. The molecular formula is C33H22IrN2. The van der Waals surface area contributed by atoms with Crippen molar-refractivity contribution in [2.75, 3.05) is 6.54 Å². The van der Waals surface area contributed by atoms with Crippen LogP contribution in [0.4, 0.5) is 0 Å². The Morgan fingerprint density at radius 1 is 0.639 bits per heavy atom. The van der Waals surface area contributed by atoms with E-state index in [0.717, 1.165) is 10.9 Å². The zero-order valence-electron chi connectivity index (χ0n) is 19.5. The van der Waals surface area contributed by atoms with E-state index in [1.165, 1.54) is 49.7 Å². The predicted octanol–water partition coefficient (Wildman–Crippen LogP) is 6.72. The standard InChI is InChI=1S/C33H22N2.Ir/c1-3-10-23(11-4-1)26-16-9-17-27(24-12-5-2-6-13-24)32(26)25-18-19-31-30(22-25)28-14-7-8-15-29(28)33-34-20-21-35(31)33;/h1-14,16-19,21-22H,20H2;. The summed E-state index contributed by atoms with van der Waals surface area (Å²) in [6.45, 7) is 0.702. The molecule has 1 aromatic heterocycles. The number of nitrogens with zero attached hydrogens (tertiary/aromatic N) is 2. The van der Waals surface area contributed by atoms with Gasteiger partial charge in [0.15, 0.2) is 6.54 Å². The molecule has 0 saturated heterocycles. The van der Waals surface area contributed by atoms with E-state index < -0.39 is 0 Å². The summed E-state index contributed by atoms with van der Waals surface area (Å²) < 4.78 is 2.22. The van der Waals surface area contributed by atoms with Gasteiger partial charge >= 0.3 is 0 Å². The number of benzene rings is 5. The Labute approximate surface area is 223 Å². The molecule has 0 aliphatic carbocycles. The molecule has 0 atom stereocenters. The molecule has 1 aliphatic heterocycles. The Bertz CT molecular complexity index is 1800. The Hall–Kier alpha value is -3.91. The SMILES string of the molecule is [Ir].[c-]1cccc2c1c1[n+](c3ccc(-c4c(-c5ccccc5)cccc4-c4ccccc4)cc23)=CCN=1. The van der Waals surface area contributed by atoms with Crippen molar-refractivity contribution in [1.82, 2.24) is 0 Å². The normalized spacial score (nSPS) is 12.0. The predicted molar refractivity (Wildman–Crippen MR) is 143 cm³/mol. The Morgan fingerprint density at radius 2 is 1.33 bits per heavy atom. The number of fused-ring (bicyclic) bond motifs is 6. The molecule has 7 rings (SSSR count). The molecule has 0 N–H and O–H groups in total. The summed E-state index contributed by atoms with van der Waals surface area (Å²) in [6, 6.07) is 44.5. The van der Waals surface area contributed by atoms with E-state index in [4.69, 9.17) is 4.99 Å². The van der Waals surface area contributed by atoms with Gasteiger partial charge in [-0.25, -0.2) is 4.24 Å². The van der Waals surface area contributed by atoms with Crippen LogP contribution < -0.4 is 9.73 Å². The molecule has 1 aliphatic rings. The van der Waals surface area contributed by atoms with Gasteiger partial charge in [-0.1, -0.05) is 102 Å². The van der Waals surface area contributed by atoms with E-state index in [2.05, 4.69) is 126 Å². The van der Waals surface area contributed by atoms with Gasteiger partial charge in [-0.15, -0.1) is 29.3 Å². The molecule has 0 amide bonds. The van der Waals surface area contributed by atoms with Crippen LogP contribution in [0.3, 0.4) is 0 Å². The minimum absolute atomic E-state index is 0. The molecule has 0 unspecified atom stereocenters. The summed E-state index contributed by atoms with van der Waals surface area (Å²) >= 11 is 0. The number of hydrogen-bond donors (Lipinski definition) is 0. The van der Waals surface area contributed by atoms with Crippen LogP contribution in [0.1, 0.15) is 0 Å². The molecule has 2 heterocycles. The fourth-order valence-electron chi connectivity index (χ4n) is 5.33. The summed E-state index contributed by atoms with van der Waals surface area (Å²) in [5, 5.41) is 3.48. The van der Waals surface area contributed by atoms with Gasteiger partial charge in [0.1, 0.15) is 11.7 Å². The Kier molecular flexibility index (Phi) is 5.81. The van der Waals surface area contributed by atoms with Crippen LogP contribution in [0, 0.1) is 12.3 Å². The van der Waals surface area contributed by atoms with Crippen molar-refractivity contribution in [2.45, 2.75) is 0 Å². The summed E-state index contributed by atoms with van der Waals surface area (Å²) in [6.07, 6.45) is 2.16. The largest absolute Gasteiger partial charge is 0.249 e. The van der Waals surface area contributed by atoms with Crippen molar-refractivity contribution >= 4 is 21.7 Å². The second-order valence-corrected chi connectivity index (χ2v) is 8.87. The summed E-state index contributed by atoms with van der Waals surface area (Å²) in [7, 11) is 0. The second-order valence-electron chi connectivity index (χ2n) is 8.87. The van der Waals surface area contributed by atoms with E-state index in [-0.39, 0.29) is 20.1 Å². The fraction of sp³-hybridized carbons (Fsp3) is 0.0303. The molecule has 1 radical (unpaired) electrons. The first-order valence-electron chi connectivity index (χ1n) is 12.0. The zero-order valence-corrected chi connectivity index (χ0v) is 21.9. The van der Waals surface area contributed by atoms with Crippen molar-refractivity contribution < 1.29 is 24.3 Å². The summed E-state index contributed by atoms with van der Waals surface area (Å²) in [5.74, 6) is 0. The van der Waals surface area contributed by atoms with Gasteiger partial charge in [-0.05, 0) is 44.8 Å². The van der Waals surface area contributed by atoms with E-state index in [1.54, 1.807) is 0 Å². The fourth-order valence-corrected chi connectivity index (χ4v) is 5.33. The second kappa shape index (κ2) is 9.27. The molecule has 173 valence electrons. The van der Waals surface area contributed by atoms with Crippen molar-refractivity contribution in [3.63, 3.8) is 0 Å². The van der Waals surface area contributed by atoms with Gasteiger partial charge in [0, 0.05) is 20.1 Å². The first-order valence-corrected chi connectivity index (χ1v) is 12.0. The van der Waals surface area contributed by atoms with Gasteiger partial charge < -0.3 is 0 Å². The van der Waals surface area contributed by atoms with Crippen LogP contribution >= 0.6 is 0 Å². The molecule has 2 nitrogen and oxygen atoms in total. The third-order valence-electron chi connectivity index (χ3n) is 6.88.